The summed E-state index contributed by atoms with van der Waals surface area (Å²) in [5.74, 6) is -0.0598. The molecule has 1 aliphatic heterocycles. The van der Waals surface area contributed by atoms with E-state index in [0.717, 1.165) is 12.8 Å². The standard InChI is InChI=1S/C18H23N3O5S/c1-25-18(22)15(8-12-4-6-26-7-5-12)21-16-10-19-11-17(14(16)9-20-21)27(23,24)13-2-3-13/h9-13,15H,2-8H2,1H3. The number of fused-ring (bicyclic) bond motifs is 1. The molecule has 9 heteroatoms. The van der Waals surface area contributed by atoms with Crippen LogP contribution in [0.15, 0.2) is 23.5 Å². The van der Waals surface area contributed by atoms with Gasteiger partial charge in [-0.1, -0.05) is 0 Å². The first-order chi connectivity index (χ1) is 13.0. The zero-order valence-corrected chi connectivity index (χ0v) is 16.0. The van der Waals surface area contributed by atoms with Crippen molar-refractivity contribution in [3.8, 4) is 0 Å². The van der Waals surface area contributed by atoms with Crippen LogP contribution < -0.4 is 0 Å². The fourth-order valence-electron chi connectivity index (χ4n) is 3.70. The Morgan fingerprint density at radius 2 is 2.00 bits per heavy atom. The van der Waals surface area contributed by atoms with E-state index < -0.39 is 15.9 Å². The van der Waals surface area contributed by atoms with E-state index in [0.29, 0.717) is 49.3 Å². The summed E-state index contributed by atoms with van der Waals surface area (Å²) in [5.41, 5.74) is 0.541. The van der Waals surface area contributed by atoms with Crippen molar-refractivity contribution >= 4 is 26.7 Å². The van der Waals surface area contributed by atoms with Crippen molar-refractivity contribution in [3.63, 3.8) is 0 Å². The molecule has 1 atom stereocenters. The molecule has 0 bridgehead atoms. The molecule has 0 spiro atoms. The van der Waals surface area contributed by atoms with Crippen molar-refractivity contribution in [3.05, 3.63) is 18.6 Å². The lowest BCUT2D eigenvalue weighted by atomic mass is 9.92. The molecule has 1 saturated heterocycles. The Morgan fingerprint density at radius 1 is 1.26 bits per heavy atom. The average molecular weight is 393 g/mol. The minimum atomic E-state index is -3.41. The molecule has 0 aromatic carbocycles. The Kier molecular flexibility index (Phi) is 4.90. The number of hydrogen-bond donors (Lipinski definition) is 0. The third-order valence-electron chi connectivity index (χ3n) is 5.42. The lowest BCUT2D eigenvalue weighted by Crippen LogP contribution is -2.27. The number of esters is 1. The number of sulfone groups is 1. The molecule has 1 aliphatic carbocycles. The fraction of sp³-hybridized carbons (Fsp3) is 0.611. The Bertz CT molecular complexity index is 945. The molecule has 0 radical (unpaired) electrons. The third-order valence-corrected chi connectivity index (χ3v) is 7.71. The van der Waals surface area contributed by atoms with Crippen molar-refractivity contribution in [2.45, 2.75) is 48.3 Å². The van der Waals surface area contributed by atoms with Gasteiger partial charge in [0.05, 0.1) is 35.2 Å². The zero-order chi connectivity index (χ0) is 19.0. The van der Waals surface area contributed by atoms with E-state index in [4.69, 9.17) is 9.47 Å². The number of methoxy groups -OCH3 is 1. The largest absolute Gasteiger partial charge is 0.467 e. The minimum Gasteiger partial charge on any atom is -0.467 e. The maximum absolute atomic E-state index is 12.7. The summed E-state index contributed by atoms with van der Waals surface area (Å²) in [4.78, 5) is 16.8. The van der Waals surface area contributed by atoms with Gasteiger partial charge in [-0.05, 0) is 38.0 Å². The van der Waals surface area contributed by atoms with E-state index in [-0.39, 0.29) is 16.1 Å². The molecule has 3 heterocycles. The second-order valence-electron chi connectivity index (χ2n) is 7.23. The highest BCUT2D eigenvalue weighted by Crippen LogP contribution is 2.37. The second-order valence-corrected chi connectivity index (χ2v) is 9.43. The summed E-state index contributed by atoms with van der Waals surface area (Å²) < 4.78 is 37.4. The molecule has 8 nitrogen and oxygen atoms in total. The summed E-state index contributed by atoms with van der Waals surface area (Å²) in [6.07, 6.45) is 8.17. The fourth-order valence-corrected chi connectivity index (χ4v) is 5.49. The number of pyridine rings is 1. The van der Waals surface area contributed by atoms with Crippen LogP contribution in [0.1, 0.15) is 38.1 Å². The van der Waals surface area contributed by atoms with Crippen molar-refractivity contribution in [1.29, 1.82) is 0 Å². The first kappa shape index (κ1) is 18.4. The van der Waals surface area contributed by atoms with Crippen LogP contribution in [-0.2, 0) is 24.1 Å². The second kappa shape index (κ2) is 7.20. The molecule has 146 valence electrons. The summed E-state index contributed by atoms with van der Waals surface area (Å²) in [6.45, 7) is 1.37. The summed E-state index contributed by atoms with van der Waals surface area (Å²) in [5, 5.41) is 4.55. The number of ether oxygens (including phenoxy) is 2. The van der Waals surface area contributed by atoms with Crippen molar-refractivity contribution in [1.82, 2.24) is 14.8 Å². The van der Waals surface area contributed by atoms with E-state index >= 15 is 0 Å². The number of nitrogens with zero attached hydrogens (tertiary/aromatic N) is 3. The first-order valence-corrected chi connectivity index (χ1v) is 10.8. The highest BCUT2D eigenvalue weighted by molar-refractivity contribution is 7.92. The van der Waals surface area contributed by atoms with Crippen molar-refractivity contribution in [2.75, 3.05) is 20.3 Å². The first-order valence-electron chi connectivity index (χ1n) is 9.23. The summed E-state index contributed by atoms with van der Waals surface area (Å²) in [7, 11) is -2.05. The monoisotopic (exact) mass is 393 g/mol. The molecule has 1 unspecified atom stereocenters. The van der Waals surface area contributed by atoms with Crippen molar-refractivity contribution < 1.29 is 22.7 Å². The molecule has 2 aromatic heterocycles. The van der Waals surface area contributed by atoms with Gasteiger partial charge in [-0.3, -0.25) is 4.98 Å². The predicted molar refractivity (Wildman–Crippen MR) is 96.9 cm³/mol. The molecule has 2 fully saturated rings. The van der Waals surface area contributed by atoms with Crippen LogP contribution in [0.25, 0.3) is 10.9 Å². The topological polar surface area (TPSA) is 100 Å². The van der Waals surface area contributed by atoms with Crippen LogP contribution in [0.4, 0.5) is 0 Å². The highest BCUT2D eigenvalue weighted by Gasteiger charge is 2.39. The molecular formula is C18H23N3O5S. The Hall–Kier alpha value is -2.00. The van der Waals surface area contributed by atoms with Gasteiger partial charge in [0.2, 0.25) is 0 Å². The lowest BCUT2D eigenvalue weighted by Gasteiger charge is -2.26. The van der Waals surface area contributed by atoms with Gasteiger partial charge in [-0.15, -0.1) is 0 Å². The average Bonchev–Trinajstić information content (AvgIpc) is 3.47. The van der Waals surface area contributed by atoms with Gasteiger partial charge in [0, 0.05) is 24.8 Å². The van der Waals surface area contributed by atoms with Gasteiger partial charge in [0.15, 0.2) is 15.9 Å². The van der Waals surface area contributed by atoms with E-state index in [1.54, 1.807) is 10.9 Å². The van der Waals surface area contributed by atoms with Crippen LogP contribution in [-0.4, -0.2) is 54.7 Å². The van der Waals surface area contributed by atoms with Crippen molar-refractivity contribution in [2.24, 2.45) is 5.92 Å². The normalized spacial score (nSPS) is 19.9. The van der Waals surface area contributed by atoms with Crippen LogP contribution in [0.5, 0.6) is 0 Å². The maximum Gasteiger partial charge on any atom is 0.330 e. The Morgan fingerprint density at radius 3 is 2.67 bits per heavy atom. The van der Waals surface area contributed by atoms with E-state index in [2.05, 4.69) is 10.1 Å². The third kappa shape index (κ3) is 3.45. The van der Waals surface area contributed by atoms with Crippen LogP contribution in [0, 0.1) is 5.92 Å². The molecule has 4 rings (SSSR count). The van der Waals surface area contributed by atoms with E-state index in [1.807, 2.05) is 0 Å². The predicted octanol–water partition coefficient (Wildman–Crippen LogP) is 1.90. The molecular weight excluding hydrogens is 370 g/mol. The smallest absolute Gasteiger partial charge is 0.330 e. The number of carbonyl (C=O) groups is 1. The Labute approximate surface area is 157 Å². The molecule has 1 saturated carbocycles. The van der Waals surface area contributed by atoms with Gasteiger partial charge in [-0.25, -0.2) is 17.9 Å². The number of carbonyl (C=O) groups excluding carboxylic acids is 1. The highest BCUT2D eigenvalue weighted by atomic mass is 32.2. The van der Waals surface area contributed by atoms with Crippen LogP contribution in [0.2, 0.25) is 0 Å². The molecule has 2 aliphatic rings. The summed E-state index contributed by atoms with van der Waals surface area (Å²) >= 11 is 0. The maximum atomic E-state index is 12.7. The van der Waals surface area contributed by atoms with Crippen LogP contribution in [0.3, 0.4) is 0 Å². The van der Waals surface area contributed by atoms with Gasteiger partial charge in [0.1, 0.15) is 0 Å². The molecule has 2 aromatic rings. The lowest BCUT2D eigenvalue weighted by molar-refractivity contribution is -0.145. The zero-order valence-electron chi connectivity index (χ0n) is 15.2. The molecule has 0 amide bonds. The van der Waals surface area contributed by atoms with E-state index in [1.165, 1.54) is 19.5 Å². The van der Waals surface area contributed by atoms with Gasteiger partial charge >= 0.3 is 5.97 Å². The number of hydrogen-bond acceptors (Lipinski definition) is 7. The molecule has 0 N–H and O–H groups in total. The summed E-state index contributed by atoms with van der Waals surface area (Å²) in [6, 6.07) is -0.615. The van der Waals surface area contributed by atoms with Crippen LogP contribution >= 0.6 is 0 Å². The van der Waals surface area contributed by atoms with Gasteiger partial charge in [-0.2, -0.15) is 5.10 Å². The SMILES string of the molecule is COC(=O)C(CC1CCOCC1)n1ncc2c(S(=O)(=O)C3CC3)cncc21. The van der Waals surface area contributed by atoms with Gasteiger partial charge < -0.3 is 9.47 Å². The molecule has 27 heavy (non-hydrogen) atoms. The quantitative estimate of drug-likeness (QED) is 0.691. The number of rotatable bonds is 6. The minimum absolute atomic E-state index is 0.198. The number of aromatic nitrogens is 3. The van der Waals surface area contributed by atoms with Gasteiger partial charge in [0.25, 0.3) is 0 Å². The van der Waals surface area contributed by atoms with E-state index in [9.17, 15) is 13.2 Å². The Balaban J connectivity index is 1.73.